The maximum absolute atomic E-state index is 14.7. The number of benzene rings is 1. The molecule has 3 amide bonds. The van der Waals surface area contributed by atoms with E-state index >= 15 is 0 Å². The highest BCUT2D eigenvalue weighted by atomic mass is 19.4. The van der Waals surface area contributed by atoms with Gasteiger partial charge in [-0.2, -0.15) is 4.39 Å². The molecule has 242 valence electrons. The Morgan fingerprint density at radius 2 is 1.93 bits per heavy atom. The van der Waals surface area contributed by atoms with E-state index in [9.17, 15) is 45.5 Å². The molecule has 1 fully saturated rings. The number of rotatable bonds is 10. The molecule has 3 aromatic rings. The molecular weight excluding hydrogens is 616 g/mol. The Bertz CT molecular complexity index is 1630. The van der Waals surface area contributed by atoms with Crippen molar-refractivity contribution in [1.29, 1.82) is 0 Å². The second-order valence-electron chi connectivity index (χ2n) is 10.3. The molecule has 18 heteroatoms. The highest BCUT2D eigenvalue weighted by molar-refractivity contribution is 6.39. The van der Waals surface area contributed by atoms with Crippen LogP contribution in [-0.2, 0) is 29.2 Å². The van der Waals surface area contributed by atoms with E-state index in [2.05, 4.69) is 25.7 Å². The summed E-state index contributed by atoms with van der Waals surface area (Å²) in [5, 5.41) is 11.6. The number of nitrogens with one attached hydrogen (secondary N) is 2. The molecule has 1 aromatic carbocycles. The van der Waals surface area contributed by atoms with Crippen molar-refractivity contribution >= 4 is 23.4 Å². The molecule has 2 N–H and O–H groups in total. The Morgan fingerprint density at radius 1 is 1.18 bits per heavy atom. The van der Waals surface area contributed by atoms with E-state index in [1.54, 1.807) is 0 Å². The van der Waals surface area contributed by atoms with E-state index in [0.717, 1.165) is 52.3 Å². The third kappa shape index (κ3) is 8.82. The molecule has 1 aliphatic rings. The molecule has 1 saturated heterocycles. The predicted octanol–water partition coefficient (Wildman–Crippen LogP) is 2.78. The number of aryl methyl sites for hydroxylation is 1. The minimum atomic E-state index is -4.99. The summed E-state index contributed by atoms with van der Waals surface area (Å²) in [6.07, 6.45) is -3.96. The molecule has 1 unspecified atom stereocenters. The standard InChI is InChI=1S/C27H27F6N7O5/c1-15-4-7-39(12-15)26(44)24(42)35-20-6-9-38(25(43)22(20)30)8-5-17(28)13-40-14-21(36-37-40)23(41)34-11-16-10-18(2-3-19(16)29)45-27(31,32)33/h2-3,6,9-10,14-15,17H,4-5,7-8,11-13H2,1H3,(H,34,41)(H,35,42)/t15-,17?/m1/s1. The van der Waals surface area contributed by atoms with Gasteiger partial charge in [0.2, 0.25) is 5.82 Å². The van der Waals surface area contributed by atoms with Gasteiger partial charge in [0.15, 0.2) is 5.69 Å². The number of pyridine rings is 1. The third-order valence-electron chi connectivity index (χ3n) is 6.79. The maximum atomic E-state index is 14.7. The van der Waals surface area contributed by atoms with Crippen LogP contribution in [0.2, 0.25) is 0 Å². The molecule has 4 rings (SSSR count). The number of ether oxygens (including phenoxy) is 1. The van der Waals surface area contributed by atoms with Crippen molar-refractivity contribution in [2.24, 2.45) is 5.92 Å². The number of amides is 3. The number of aromatic nitrogens is 4. The van der Waals surface area contributed by atoms with Gasteiger partial charge in [0.25, 0.3) is 11.5 Å². The van der Waals surface area contributed by atoms with E-state index in [1.807, 2.05) is 6.92 Å². The largest absolute Gasteiger partial charge is 0.573 e. The summed E-state index contributed by atoms with van der Waals surface area (Å²) in [7, 11) is 0. The summed E-state index contributed by atoms with van der Waals surface area (Å²) >= 11 is 0. The summed E-state index contributed by atoms with van der Waals surface area (Å²) in [5.74, 6) is -5.46. The summed E-state index contributed by atoms with van der Waals surface area (Å²) in [5.41, 5.74) is -2.22. The molecule has 1 aliphatic heterocycles. The quantitative estimate of drug-likeness (QED) is 0.256. The van der Waals surface area contributed by atoms with E-state index in [4.69, 9.17) is 0 Å². The smallest absolute Gasteiger partial charge is 0.406 e. The van der Waals surface area contributed by atoms with Crippen LogP contribution in [0.15, 0.2) is 41.5 Å². The Kier molecular flexibility index (Phi) is 10.1. The van der Waals surface area contributed by atoms with Gasteiger partial charge in [0.1, 0.15) is 17.7 Å². The fraction of sp³-hybridized carbons (Fsp3) is 0.407. The summed E-state index contributed by atoms with van der Waals surface area (Å²) < 4.78 is 86.1. The summed E-state index contributed by atoms with van der Waals surface area (Å²) in [4.78, 5) is 50.6. The van der Waals surface area contributed by atoms with Gasteiger partial charge < -0.3 is 24.8 Å². The number of hydrogen-bond donors (Lipinski definition) is 2. The molecule has 0 saturated carbocycles. The average Bonchev–Trinajstić information content (AvgIpc) is 3.63. The van der Waals surface area contributed by atoms with E-state index in [1.165, 1.54) is 4.90 Å². The predicted molar refractivity (Wildman–Crippen MR) is 143 cm³/mol. The molecule has 2 atom stereocenters. The van der Waals surface area contributed by atoms with Crippen molar-refractivity contribution in [2.75, 3.05) is 18.4 Å². The van der Waals surface area contributed by atoms with Gasteiger partial charge in [-0.05, 0) is 43.0 Å². The second kappa shape index (κ2) is 13.8. The molecule has 45 heavy (non-hydrogen) atoms. The van der Waals surface area contributed by atoms with E-state index < -0.39 is 72.0 Å². The zero-order chi connectivity index (χ0) is 32.9. The van der Waals surface area contributed by atoms with Gasteiger partial charge >= 0.3 is 18.2 Å². The Morgan fingerprint density at radius 3 is 2.62 bits per heavy atom. The number of nitrogens with zero attached hydrogens (tertiary/aromatic N) is 5. The molecule has 3 heterocycles. The highest BCUT2D eigenvalue weighted by Crippen LogP contribution is 2.25. The molecule has 0 bridgehead atoms. The van der Waals surface area contributed by atoms with Crippen LogP contribution in [0.3, 0.4) is 0 Å². The number of hydrogen-bond acceptors (Lipinski definition) is 7. The molecule has 12 nitrogen and oxygen atoms in total. The van der Waals surface area contributed by atoms with Crippen molar-refractivity contribution in [2.45, 2.75) is 51.9 Å². The fourth-order valence-electron chi connectivity index (χ4n) is 4.47. The van der Waals surface area contributed by atoms with Gasteiger partial charge in [0.05, 0.1) is 18.4 Å². The van der Waals surface area contributed by atoms with Crippen LogP contribution in [0.1, 0.15) is 35.8 Å². The zero-order valence-electron chi connectivity index (χ0n) is 23.6. The maximum Gasteiger partial charge on any atom is 0.573 e. The van der Waals surface area contributed by atoms with Crippen molar-refractivity contribution in [1.82, 2.24) is 29.8 Å². The number of carbonyl (C=O) groups is 3. The zero-order valence-corrected chi connectivity index (χ0v) is 23.6. The van der Waals surface area contributed by atoms with E-state index in [0.29, 0.717) is 13.1 Å². The first-order valence-corrected chi connectivity index (χ1v) is 13.6. The minimum Gasteiger partial charge on any atom is -0.406 e. The SMILES string of the molecule is C[C@@H]1CCN(C(=O)C(=O)Nc2ccn(CCC(F)Cn3cc(C(=O)NCc4cc(OC(F)(F)F)ccc4F)nn3)c(=O)c2F)C1. The van der Waals surface area contributed by atoms with Crippen LogP contribution >= 0.6 is 0 Å². The van der Waals surface area contributed by atoms with Crippen LogP contribution in [0.25, 0.3) is 0 Å². The first kappa shape index (κ1) is 33.0. The molecule has 0 aliphatic carbocycles. The number of anilines is 1. The van der Waals surface area contributed by atoms with Crippen LogP contribution in [0.5, 0.6) is 5.75 Å². The van der Waals surface area contributed by atoms with Crippen molar-refractivity contribution in [3.63, 3.8) is 0 Å². The lowest BCUT2D eigenvalue weighted by molar-refractivity contribution is -0.274. The monoisotopic (exact) mass is 643 g/mol. The number of likely N-dealkylation sites (tertiary alicyclic amines) is 1. The Balaban J connectivity index is 1.27. The third-order valence-corrected chi connectivity index (χ3v) is 6.79. The van der Waals surface area contributed by atoms with Crippen molar-refractivity contribution < 1.29 is 45.5 Å². The van der Waals surface area contributed by atoms with Gasteiger partial charge in [-0.3, -0.25) is 19.2 Å². The number of alkyl halides is 4. The Hall–Kier alpha value is -4.90. The van der Waals surface area contributed by atoms with Gasteiger partial charge in [0, 0.05) is 37.9 Å². The summed E-state index contributed by atoms with van der Waals surface area (Å²) in [6.45, 7) is 1.53. The normalized spacial score (nSPS) is 15.5. The average molecular weight is 644 g/mol. The lowest BCUT2D eigenvalue weighted by Gasteiger charge is -2.16. The van der Waals surface area contributed by atoms with Crippen LogP contribution in [-0.4, -0.2) is 67.8 Å². The molecule has 2 aromatic heterocycles. The first-order chi connectivity index (χ1) is 21.2. The van der Waals surface area contributed by atoms with Crippen LogP contribution in [0.4, 0.5) is 32.0 Å². The number of carbonyl (C=O) groups excluding carboxylic acids is 3. The van der Waals surface area contributed by atoms with Crippen LogP contribution in [0, 0.1) is 17.6 Å². The van der Waals surface area contributed by atoms with Gasteiger partial charge in [-0.25, -0.2) is 13.5 Å². The molecule has 0 spiro atoms. The molecule has 0 radical (unpaired) electrons. The lowest BCUT2D eigenvalue weighted by Crippen LogP contribution is -2.38. The lowest BCUT2D eigenvalue weighted by atomic mass is 10.2. The second-order valence-corrected chi connectivity index (χ2v) is 10.3. The van der Waals surface area contributed by atoms with Gasteiger partial charge in [-0.1, -0.05) is 12.1 Å². The van der Waals surface area contributed by atoms with Crippen LogP contribution < -0.4 is 20.9 Å². The van der Waals surface area contributed by atoms with E-state index in [-0.39, 0.29) is 30.1 Å². The van der Waals surface area contributed by atoms with Crippen molar-refractivity contribution in [3.8, 4) is 5.75 Å². The summed E-state index contributed by atoms with van der Waals surface area (Å²) in [6, 6.07) is 3.36. The fourth-order valence-corrected chi connectivity index (χ4v) is 4.47. The first-order valence-electron chi connectivity index (χ1n) is 13.6. The topological polar surface area (TPSA) is 140 Å². The number of halogens is 6. The minimum absolute atomic E-state index is 0.231. The van der Waals surface area contributed by atoms with Gasteiger partial charge in [-0.15, -0.1) is 18.3 Å². The Labute approximate surface area is 250 Å². The van der Waals surface area contributed by atoms with Crippen molar-refractivity contribution in [3.05, 3.63) is 69.9 Å². The molecular formula is C27H27F6N7O5. The highest BCUT2D eigenvalue weighted by Gasteiger charge is 2.31.